The molecule has 2 aliphatic carbocycles. The Hall–Kier alpha value is -1.70. The van der Waals surface area contributed by atoms with Gasteiger partial charge in [-0.25, -0.2) is 8.78 Å². The third-order valence-corrected chi connectivity index (χ3v) is 6.36. The van der Waals surface area contributed by atoms with E-state index in [4.69, 9.17) is 0 Å². The summed E-state index contributed by atoms with van der Waals surface area (Å²) in [5.74, 6) is 0.722. The van der Waals surface area contributed by atoms with Crippen LogP contribution in [0, 0.1) is 23.7 Å². The number of alkyl halides is 2. The van der Waals surface area contributed by atoms with E-state index in [2.05, 4.69) is 0 Å². The summed E-state index contributed by atoms with van der Waals surface area (Å²) in [6.45, 7) is 7.88. The zero-order chi connectivity index (χ0) is 17.5. The van der Waals surface area contributed by atoms with E-state index in [9.17, 15) is 8.78 Å². The highest BCUT2D eigenvalue weighted by Gasteiger charge is 2.62. The molecule has 2 fully saturated rings. The molecule has 4 unspecified atom stereocenters. The van der Waals surface area contributed by atoms with Gasteiger partial charge in [-0.2, -0.15) is 0 Å². The number of halogens is 2. The molecule has 2 saturated carbocycles. The van der Waals surface area contributed by atoms with Gasteiger partial charge in [-0.05, 0) is 11.1 Å². The molecule has 2 aromatic carbocycles. The van der Waals surface area contributed by atoms with Crippen LogP contribution in [0.25, 0.3) is 0 Å². The molecule has 128 valence electrons. The Morgan fingerprint density at radius 3 is 1.00 bits per heavy atom. The molecule has 4 rings (SSSR count). The molecule has 0 amide bonds. The second-order valence-electron chi connectivity index (χ2n) is 7.42. The minimum absolute atomic E-state index is 0.180. The molecular weight excluding hydrogens is 302 g/mol. The Bertz CT molecular complexity index is 602. The van der Waals surface area contributed by atoms with Crippen LogP contribution in [-0.4, -0.2) is 0 Å². The van der Waals surface area contributed by atoms with Crippen molar-refractivity contribution >= 4 is 0 Å². The fourth-order valence-corrected chi connectivity index (χ4v) is 3.89. The van der Waals surface area contributed by atoms with Crippen molar-refractivity contribution in [1.82, 2.24) is 0 Å². The van der Waals surface area contributed by atoms with Crippen molar-refractivity contribution in [3.05, 3.63) is 71.8 Å². The third kappa shape index (κ3) is 2.56. The largest absolute Gasteiger partial charge is 0.238 e. The van der Waals surface area contributed by atoms with Gasteiger partial charge in [0.2, 0.25) is 0 Å². The Morgan fingerprint density at radius 1 is 0.542 bits per heavy atom. The zero-order valence-corrected chi connectivity index (χ0v) is 14.8. The molecule has 0 aromatic heterocycles. The van der Waals surface area contributed by atoms with Crippen LogP contribution in [-0.2, 0) is 11.3 Å². The summed E-state index contributed by atoms with van der Waals surface area (Å²) in [6, 6.07) is 18.9. The van der Waals surface area contributed by atoms with Crippen LogP contribution in [0.4, 0.5) is 8.78 Å². The normalized spacial score (nSPS) is 39.6. The lowest BCUT2D eigenvalue weighted by Gasteiger charge is -2.06. The predicted octanol–water partition coefficient (Wildman–Crippen LogP) is 6.27. The minimum Gasteiger partial charge on any atom is -0.238 e. The Labute approximate surface area is 143 Å². The van der Waals surface area contributed by atoms with Crippen LogP contribution < -0.4 is 0 Å². The van der Waals surface area contributed by atoms with E-state index < -0.39 is 11.3 Å². The first-order chi connectivity index (χ1) is 11.3. The van der Waals surface area contributed by atoms with Gasteiger partial charge in [0, 0.05) is 23.7 Å². The maximum absolute atomic E-state index is 14.0. The van der Waals surface area contributed by atoms with Crippen LogP contribution in [0.3, 0.4) is 0 Å². The quantitative estimate of drug-likeness (QED) is 0.609. The van der Waals surface area contributed by atoms with E-state index >= 15 is 0 Å². The summed E-state index contributed by atoms with van der Waals surface area (Å²) >= 11 is 0. The number of benzene rings is 2. The van der Waals surface area contributed by atoms with Crippen LogP contribution in [0.1, 0.15) is 38.8 Å². The van der Waals surface area contributed by atoms with Crippen LogP contribution in [0.5, 0.6) is 0 Å². The van der Waals surface area contributed by atoms with Crippen molar-refractivity contribution in [3.63, 3.8) is 0 Å². The zero-order valence-electron chi connectivity index (χ0n) is 14.8. The van der Waals surface area contributed by atoms with Crippen molar-refractivity contribution in [2.75, 3.05) is 0 Å². The highest BCUT2D eigenvalue weighted by atomic mass is 19.1. The van der Waals surface area contributed by atoms with E-state index in [0.717, 1.165) is 11.1 Å². The summed E-state index contributed by atoms with van der Waals surface area (Å²) in [5, 5.41) is 0. The molecular formula is C22H26F2. The van der Waals surface area contributed by atoms with Gasteiger partial charge in [0.25, 0.3) is 0 Å². The summed E-state index contributed by atoms with van der Waals surface area (Å²) in [5.41, 5.74) is -0.405. The second kappa shape index (κ2) is 5.98. The van der Waals surface area contributed by atoms with Gasteiger partial charge in [0.15, 0.2) is 0 Å². The fourth-order valence-electron chi connectivity index (χ4n) is 3.89. The standard InChI is InChI=1S/2C11H13F/c2*1-8-9(2)11(8,12)10-6-4-3-5-7-10/h2*3-9H,1-2H3. The molecule has 0 saturated heterocycles. The summed E-state index contributed by atoms with van der Waals surface area (Å²) in [4.78, 5) is 0. The first kappa shape index (κ1) is 17.1. The van der Waals surface area contributed by atoms with Gasteiger partial charge >= 0.3 is 0 Å². The summed E-state index contributed by atoms with van der Waals surface area (Å²) in [7, 11) is 0. The Kier molecular flexibility index (Phi) is 4.27. The van der Waals surface area contributed by atoms with Gasteiger partial charge in [0.05, 0.1) is 0 Å². The van der Waals surface area contributed by atoms with E-state index in [1.165, 1.54) is 0 Å². The summed E-state index contributed by atoms with van der Waals surface area (Å²) < 4.78 is 28.0. The lowest BCUT2D eigenvalue weighted by molar-refractivity contribution is 0.276. The van der Waals surface area contributed by atoms with Gasteiger partial charge in [0.1, 0.15) is 11.3 Å². The second-order valence-corrected chi connectivity index (χ2v) is 7.42. The molecule has 0 aliphatic heterocycles. The maximum Gasteiger partial charge on any atom is 0.141 e. The van der Waals surface area contributed by atoms with Crippen molar-refractivity contribution in [3.8, 4) is 0 Å². The highest BCUT2D eigenvalue weighted by Crippen LogP contribution is 2.61. The van der Waals surface area contributed by atoms with Gasteiger partial charge in [-0.15, -0.1) is 0 Å². The van der Waals surface area contributed by atoms with Crippen molar-refractivity contribution in [2.24, 2.45) is 23.7 Å². The molecule has 2 aliphatic rings. The van der Waals surface area contributed by atoms with E-state index in [1.54, 1.807) is 0 Å². The van der Waals surface area contributed by atoms with Crippen molar-refractivity contribution in [1.29, 1.82) is 0 Å². The first-order valence-electron chi connectivity index (χ1n) is 8.83. The van der Waals surface area contributed by atoms with Crippen LogP contribution in [0.2, 0.25) is 0 Å². The Morgan fingerprint density at radius 2 is 0.792 bits per heavy atom. The Balaban J connectivity index is 0.000000141. The molecule has 2 heteroatoms. The molecule has 0 nitrogen and oxygen atoms in total. The van der Waals surface area contributed by atoms with Gasteiger partial charge < -0.3 is 0 Å². The minimum atomic E-state index is -1.04. The number of hydrogen-bond acceptors (Lipinski definition) is 0. The van der Waals surface area contributed by atoms with Gasteiger partial charge in [-0.1, -0.05) is 88.4 Å². The van der Waals surface area contributed by atoms with Crippen LogP contribution in [0.15, 0.2) is 60.7 Å². The fraction of sp³-hybridized carbons (Fsp3) is 0.455. The SMILES string of the molecule is CC1C(C)C1(F)c1ccccc1.CC1C(C)C1(F)c1ccccc1. The molecule has 0 N–H and O–H groups in total. The van der Waals surface area contributed by atoms with E-state index in [1.807, 2.05) is 88.4 Å². The van der Waals surface area contributed by atoms with Crippen molar-refractivity contribution in [2.45, 2.75) is 39.0 Å². The lowest BCUT2D eigenvalue weighted by atomic mass is 10.1. The monoisotopic (exact) mass is 328 g/mol. The van der Waals surface area contributed by atoms with Gasteiger partial charge in [-0.3, -0.25) is 0 Å². The molecule has 0 radical (unpaired) electrons. The van der Waals surface area contributed by atoms with E-state index in [-0.39, 0.29) is 23.7 Å². The smallest absolute Gasteiger partial charge is 0.141 e. The first-order valence-corrected chi connectivity index (χ1v) is 8.83. The maximum atomic E-state index is 14.0. The van der Waals surface area contributed by atoms with Crippen LogP contribution >= 0.6 is 0 Å². The number of rotatable bonds is 2. The molecule has 4 atom stereocenters. The molecule has 2 aromatic rings. The highest BCUT2D eigenvalue weighted by molar-refractivity contribution is 5.32. The average Bonchev–Trinajstić information content (AvgIpc) is 3.34. The lowest BCUT2D eigenvalue weighted by Crippen LogP contribution is -2.01. The molecule has 24 heavy (non-hydrogen) atoms. The van der Waals surface area contributed by atoms with Crippen molar-refractivity contribution < 1.29 is 8.78 Å². The predicted molar refractivity (Wildman–Crippen MR) is 95.1 cm³/mol. The topological polar surface area (TPSA) is 0 Å². The summed E-state index contributed by atoms with van der Waals surface area (Å²) in [6.07, 6.45) is 0. The molecule has 0 heterocycles. The third-order valence-electron chi connectivity index (χ3n) is 6.36. The average molecular weight is 328 g/mol. The van der Waals surface area contributed by atoms with E-state index in [0.29, 0.717) is 0 Å². The number of hydrogen-bond donors (Lipinski definition) is 0. The molecule has 0 bridgehead atoms. The molecule has 0 spiro atoms.